The maximum atomic E-state index is 5.58. The predicted octanol–water partition coefficient (Wildman–Crippen LogP) is 1.25. The lowest BCUT2D eigenvalue weighted by Crippen LogP contribution is -2.42. The number of nitrogens with one attached hydrogen (secondary N) is 1. The van der Waals surface area contributed by atoms with Crippen molar-refractivity contribution < 1.29 is 0 Å². The van der Waals surface area contributed by atoms with E-state index in [1.807, 2.05) is 0 Å². The van der Waals surface area contributed by atoms with Crippen molar-refractivity contribution in [2.24, 2.45) is 5.84 Å². The number of anilines is 2. The Morgan fingerprint density at radius 3 is 2.70 bits per heavy atom. The van der Waals surface area contributed by atoms with E-state index in [2.05, 4.69) is 46.2 Å². The zero-order valence-electron chi connectivity index (χ0n) is 12.8. The number of nitrogen functional groups attached to an aromatic ring is 1. The van der Waals surface area contributed by atoms with Gasteiger partial charge in [0.15, 0.2) is 0 Å². The number of hydrazine groups is 1. The number of rotatable bonds is 5. The minimum Gasteiger partial charge on any atom is -0.356 e. The Kier molecular flexibility index (Phi) is 5.14. The Bertz CT molecular complexity index is 428. The van der Waals surface area contributed by atoms with Gasteiger partial charge in [-0.2, -0.15) is 0 Å². The molecule has 0 unspecified atom stereocenters. The molecule has 3 N–H and O–H groups in total. The van der Waals surface area contributed by atoms with Gasteiger partial charge in [-0.3, -0.25) is 0 Å². The summed E-state index contributed by atoms with van der Waals surface area (Å²) in [6.45, 7) is 4.45. The summed E-state index contributed by atoms with van der Waals surface area (Å²) in [6.07, 6.45) is 5.93. The number of hydrogen-bond acceptors (Lipinski definition) is 6. The maximum Gasteiger partial charge on any atom is 0.148 e. The van der Waals surface area contributed by atoms with Crippen LogP contribution < -0.4 is 16.2 Å². The number of aromatic nitrogens is 2. The molecule has 2 rings (SSSR count). The molecule has 0 aromatic carbocycles. The molecule has 1 saturated heterocycles. The van der Waals surface area contributed by atoms with Crippen molar-refractivity contribution in [3.63, 3.8) is 0 Å². The molecule has 0 spiro atoms. The third kappa shape index (κ3) is 3.19. The molecule has 0 aliphatic carbocycles. The average Bonchev–Trinajstić information content (AvgIpc) is 2.48. The van der Waals surface area contributed by atoms with E-state index in [-0.39, 0.29) is 0 Å². The van der Waals surface area contributed by atoms with Crippen molar-refractivity contribution in [1.29, 1.82) is 0 Å². The van der Waals surface area contributed by atoms with Gasteiger partial charge in [0.25, 0.3) is 0 Å². The van der Waals surface area contributed by atoms with Gasteiger partial charge >= 0.3 is 0 Å². The summed E-state index contributed by atoms with van der Waals surface area (Å²) >= 11 is 0. The third-order valence-corrected chi connectivity index (χ3v) is 4.13. The fraction of sp³-hybridized carbons (Fsp3) is 0.714. The quantitative estimate of drug-likeness (QED) is 0.624. The van der Waals surface area contributed by atoms with Crippen molar-refractivity contribution in [3.8, 4) is 0 Å². The number of hydrogen-bond donors (Lipinski definition) is 2. The molecule has 112 valence electrons. The fourth-order valence-electron chi connectivity index (χ4n) is 2.87. The van der Waals surface area contributed by atoms with Crippen LogP contribution in [0.1, 0.15) is 31.7 Å². The second-order valence-corrected chi connectivity index (χ2v) is 5.56. The third-order valence-electron chi connectivity index (χ3n) is 4.13. The van der Waals surface area contributed by atoms with Gasteiger partial charge in [-0.15, -0.1) is 0 Å². The maximum absolute atomic E-state index is 5.58. The SMILES string of the molecule is CCCc1c(NN)ncnc1N(C)C1CCN(C)CC1. The molecule has 1 aromatic heterocycles. The lowest BCUT2D eigenvalue weighted by Gasteiger charge is -2.36. The minimum absolute atomic E-state index is 0.544. The molecule has 0 saturated carbocycles. The van der Waals surface area contributed by atoms with Crippen LogP contribution >= 0.6 is 0 Å². The van der Waals surface area contributed by atoms with Gasteiger partial charge in [0.2, 0.25) is 0 Å². The molecule has 1 aromatic rings. The van der Waals surface area contributed by atoms with E-state index in [1.54, 1.807) is 6.33 Å². The Morgan fingerprint density at radius 2 is 2.10 bits per heavy atom. The summed E-state index contributed by atoms with van der Waals surface area (Å²) in [6, 6.07) is 0.544. The van der Waals surface area contributed by atoms with Crippen LogP contribution in [-0.2, 0) is 6.42 Å². The number of nitrogens with two attached hydrogens (primary N) is 1. The highest BCUT2D eigenvalue weighted by Crippen LogP contribution is 2.27. The van der Waals surface area contributed by atoms with Gasteiger partial charge in [-0.25, -0.2) is 15.8 Å². The van der Waals surface area contributed by atoms with Gasteiger partial charge in [0.05, 0.1) is 0 Å². The standard InChI is InChI=1S/C14H26N6/c1-4-5-12-13(18-15)16-10-17-14(12)20(3)11-6-8-19(2)9-7-11/h10-11H,4-9,15H2,1-3H3,(H,16,17,18). The van der Waals surface area contributed by atoms with Crippen molar-refractivity contribution in [1.82, 2.24) is 14.9 Å². The van der Waals surface area contributed by atoms with Gasteiger partial charge < -0.3 is 15.2 Å². The minimum atomic E-state index is 0.544. The summed E-state index contributed by atoms with van der Waals surface area (Å²) < 4.78 is 0. The van der Waals surface area contributed by atoms with Crippen LogP contribution in [0.5, 0.6) is 0 Å². The zero-order valence-corrected chi connectivity index (χ0v) is 12.8. The largest absolute Gasteiger partial charge is 0.356 e. The van der Waals surface area contributed by atoms with E-state index in [4.69, 9.17) is 5.84 Å². The van der Waals surface area contributed by atoms with Gasteiger partial charge in [-0.05, 0) is 39.4 Å². The molecule has 1 aliphatic rings. The van der Waals surface area contributed by atoms with E-state index in [1.165, 1.54) is 12.8 Å². The smallest absolute Gasteiger partial charge is 0.148 e. The molecular formula is C14H26N6. The first-order chi connectivity index (χ1) is 9.67. The van der Waals surface area contributed by atoms with Crippen LogP contribution in [0.15, 0.2) is 6.33 Å². The molecule has 0 radical (unpaired) electrons. The normalized spacial score (nSPS) is 17.2. The first-order valence-electron chi connectivity index (χ1n) is 7.39. The van der Waals surface area contributed by atoms with E-state index < -0.39 is 0 Å². The monoisotopic (exact) mass is 278 g/mol. The van der Waals surface area contributed by atoms with Crippen LogP contribution in [-0.4, -0.2) is 48.1 Å². The molecule has 0 amide bonds. The molecule has 6 heteroatoms. The predicted molar refractivity (Wildman–Crippen MR) is 82.8 cm³/mol. The number of piperidine rings is 1. The molecule has 0 bridgehead atoms. The van der Waals surface area contributed by atoms with Crippen LogP contribution in [0.25, 0.3) is 0 Å². The molecule has 2 heterocycles. The second kappa shape index (κ2) is 6.85. The lowest BCUT2D eigenvalue weighted by atomic mass is 10.0. The summed E-state index contributed by atoms with van der Waals surface area (Å²) in [5, 5.41) is 0. The number of nitrogens with zero attached hydrogens (tertiary/aromatic N) is 4. The van der Waals surface area contributed by atoms with E-state index in [9.17, 15) is 0 Å². The molecule has 1 aliphatic heterocycles. The Balaban J connectivity index is 2.22. The molecular weight excluding hydrogens is 252 g/mol. The first-order valence-corrected chi connectivity index (χ1v) is 7.39. The van der Waals surface area contributed by atoms with Gasteiger partial charge in [-0.1, -0.05) is 13.3 Å². The van der Waals surface area contributed by atoms with Crippen molar-refractivity contribution in [2.45, 2.75) is 38.6 Å². The first kappa shape index (κ1) is 15.0. The van der Waals surface area contributed by atoms with Crippen LogP contribution in [0.4, 0.5) is 11.6 Å². The Hall–Kier alpha value is -1.40. The van der Waals surface area contributed by atoms with Crippen LogP contribution in [0.3, 0.4) is 0 Å². The summed E-state index contributed by atoms with van der Waals surface area (Å²) in [5.74, 6) is 7.35. The van der Waals surface area contributed by atoms with Crippen LogP contribution in [0, 0.1) is 0 Å². The summed E-state index contributed by atoms with van der Waals surface area (Å²) in [5.41, 5.74) is 3.82. The van der Waals surface area contributed by atoms with Crippen molar-refractivity contribution in [3.05, 3.63) is 11.9 Å². The Morgan fingerprint density at radius 1 is 1.40 bits per heavy atom. The number of likely N-dealkylation sites (tertiary alicyclic amines) is 1. The van der Waals surface area contributed by atoms with Crippen molar-refractivity contribution in [2.75, 3.05) is 37.5 Å². The van der Waals surface area contributed by atoms with Gasteiger partial charge in [0.1, 0.15) is 18.0 Å². The highest BCUT2D eigenvalue weighted by molar-refractivity contribution is 5.58. The molecule has 20 heavy (non-hydrogen) atoms. The van der Waals surface area contributed by atoms with E-state index in [0.29, 0.717) is 6.04 Å². The molecule has 0 atom stereocenters. The second-order valence-electron chi connectivity index (χ2n) is 5.56. The Labute approximate surface area is 121 Å². The lowest BCUT2D eigenvalue weighted by molar-refractivity contribution is 0.252. The fourth-order valence-corrected chi connectivity index (χ4v) is 2.87. The highest BCUT2D eigenvalue weighted by atomic mass is 15.3. The highest BCUT2D eigenvalue weighted by Gasteiger charge is 2.24. The molecule has 6 nitrogen and oxygen atoms in total. The van der Waals surface area contributed by atoms with Gasteiger partial charge in [0, 0.05) is 18.7 Å². The molecule has 1 fully saturated rings. The van der Waals surface area contributed by atoms with E-state index >= 15 is 0 Å². The van der Waals surface area contributed by atoms with Crippen LogP contribution in [0.2, 0.25) is 0 Å². The van der Waals surface area contributed by atoms with Crippen molar-refractivity contribution >= 4 is 11.6 Å². The summed E-state index contributed by atoms with van der Waals surface area (Å²) in [7, 11) is 4.32. The topological polar surface area (TPSA) is 70.3 Å². The summed E-state index contributed by atoms with van der Waals surface area (Å²) in [4.78, 5) is 13.4. The zero-order chi connectivity index (χ0) is 14.5. The average molecular weight is 278 g/mol. The van der Waals surface area contributed by atoms with E-state index in [0.717, 1.165) is 43.1 Å².